The molecule has 2 heterocycles. The van der Waals surface area contributed by atoms with Crippen molar-refractivity contribution in [1.82, 2.24) is 5.32 Å². The predicted octanol–water partition coefficient (Wildman–Crippen LogP) is 6.89. The summed E-state index contributed by atoms with van der Waals surface area (Å²) >= 11 is 0. The van der Waals surface area contributed by atoms with Crippen LogP contribution in [0.5, 0.6) is 0 Å². The van der Waals surface area contributed by atoms with Gasteiger partial charge >= 0.3 is 0 Å². The summed E-state index contributed by atoms with van der Waals surface area (Å²) in [4.78, 5) is 13.4. The second-order valence-corrected chi connectivity index (χ2v) is 21.1. The number of carbonyl (C=O) groups excluding carboxylic acids is 1. The highest BCUT2D eigenvalue weighted by atomic mass is 16.8. The largest absolute Gasteiger partial charge is 0.394 e. The highest BCUT2D eigenvalue weighted by Gasteiger charge is 2.51. The summed E-state index contributed by atoms with van der Waals surface area (Å²) in [7, 11) is 0. The zero-order chi connectivity index (χ0) is 52.1. The molecule has 0 radical (unpaired) electrons. The Bertz CT molecular complexity index is 1240. The number of hydrogen-bond donors (Lipinski definition) is 11. The first-order valence-electron chi connectivity index (χ1n) is 29.0. The van der Waals surface area contributed by atoms with Gasteiger partial charge in [-0.05, 0) is 12.8 Å². The zero-order valence-electron chi connectivity index (χ0n) is 44.5. The van der Waals surface area contributed by atoms with E-state index in [0.29, 0.717) is 12.8 Å². The number of hydrogen-bond acceptors (Lipinski definition) is 15. The van der Waals surface area contributed by atoms with Gasteiger partial charge < -0.3 is 75.3 Å². The maximum absolute atomic E-state index is 13.4. The van der Waals surface area contributed by atoms with Gasteiger partial charge in [-0.1, -0.05) is 226 Å². The van der Waals surface area contributed by atoms with Crippen molar-refractivity contribution in [2.45, 2.75) is 324 Å². The summed E-state index contributed by atoms with van der Waals surface area (Å²) in [5.74, 6) is -0.772. The number of aliphatic hydroxyl groups excluding tert-OH is 10. The lowest BCUT2D eigenvalue weighted by Crippen LogP contribution is -2.65. The van der Waals surface area contributed by atoms with Crippen molar-refractivity contribution < 1.29 is 74.8 Å². The number of aliphatic hydroxyl groups is 10. The molecule has 2 saturated heterocycles. The quantitative estimate of drug-likeness (QED) is 0.0277. The summed E-state index contributed by atoms with van der Waals surface area (Å²) in [5.41, 5.74) is 0. The SMILES string of the molecule is CCCCCCCCCCCCCCCCCCCCCCC[C@@H](O)C(=O)N[C@@H](CO[C@H]1O[C@H](CO)[C@H](O)[C@H](O)[C@H]1OC1O[C@H](CO)[C@H](O)[C@H](O)[C@H]1O)[C@H](O)[C@H](O)CCCCCCCCCCCCCC. The molecule has 2 rings (SSSR count). The minimum Gasteiger partial charge on any atom is -0.394 e. The topological polar surface area (TPSA) is 268 Å². The number of carbonyl (C=O) groups is 1. The second-order valence-electron chi connectivity index (χ2n) is 21.1. The van der Waals surface area contributed by atoms with Crippen molar-refractivity contribution in [3.8, 4) is 0 Å². The first-order chi connectivity index (χ1) is 34.4. The van der Waals surface area contributed by atoms with E-state index in [9.17, 15) is 55.9 Å². The molecule has 2 aliphatic rings. The Labute approximate surface area is 429 Å². The molecule has 11 N–H and O–H groups in total. The third-order valence-electron chi connectivity index (χ3n) is 14.8. The van der Waals surface area contributed by atoms with E-state index in [-0.39, 0.29) is 12.8 Å². The number of ether oxygens (including phenoxy) is 4. The van der Waals surface area contributed by atoms with E-state index >= 15 is 0 Å². The Morgan fingerprint density at radius 1 is 0.465 bits per heavy atom. The summed E-state index contributed by atoms with van der Waals surface area (Å²) in [6, 6.07) is -1.31. The molecule has 2 fully saturated rings. The third-order valence-corrected chi connectivity index (χ3v) is 14.8. The molecule has 0 aromatic rings. The summed E-state index contributed by atoms with van der Waals surface area (Å²) in [5, 5.41) is 109. The minimum absolute atomic E-state index is 0.193. The maximum Gasteiger partial charge on any atom is 0.249 e. The fraction of sp³-hybridized carbons (Fsp3) is 0.982. The summed E-state index contributed by atoms with van der Waals surface area (Å²) in [6.07, 6.45) is 19.2. The molecule has 0 saturated carbocycles. The lowest BCUT2D eigenvalue weighted by Gasteiger charge is -2.46. The van der Waals surface area contributed by atoms with E-state index in [1.54, 1.807) is 0 Å². The van der Waals surface area contributed by atoms with Gasteiger partial charge in [0.2, 0.25) is 5.91 Å². The molecular formula is C55H107NO15. The Balaban J connectivity index is 1.87. The van der Waals surface area contributed by atoms with Gasteiger partial charge in [0.05, 0.1) is 32.0 Å². The molecule has 14 atom stereocenters. The van der Waals surface area contributed by atoms with Gasteiger partial charge in [-0.25, -0.2) is 0 Å². The Hall–Kier alpha value is -1.09. The third kappa shape index (κ3) is 28.0. The van der Waals surface area contributed by atoms with Crippen LogP contribution in [-0.2, 0) is 23.7 Å². The van der Waals surface area contributed by atoms with Crippen LogP contribution >= 0.6 is 0 Å². The smallest absolute Gasteiger partial charge is 0.249 e. The highest BCUT2D eigenvalue weighted by Crippen LogP contribution is 2.30. The molecule has 0 aliphatic carbocycles. The minimum atomic E-state index is -1.87. The average Bonchev–Trinajstić information content (AvgIpc) is 3.37. The summed E-state index contributed by atoms with van der Waals surface area (Å²) < 4.78 is 22.9. The van der Waals surface area contributed by atoms with Crippen LogP contribution in [-0.4, -0.2) is 163 Å². The number of amides is 1. The predicted molar refractivity (Wildman–Crippen MR) is 275 cm³/mol. The van der Waals surface area contributed by atoms with Crippen molar-refractivity contribution in [2.75, 3.05) is 19.8 Å². The van der Waals surface area contributed by atoms with Crippen molar-refractivity contribution >= 4 is 5.91 Å². The lowest BCUT2D eigenvalue weighted by atomic mass is 9.97. The van der Waals surface area contributed by atoms with E-state index in [1.165, 1.54) is 148 Å². The molecule has 1 unspecified atom stereocenters. The van der Waals surface area contributed by atoms with Gasteiger partial charge in [-0.2, -0.15) is 0 Å². The van der Waals surface area contributed by atoms with Crippen LogP contribution in [0.1, 0.15) is 239 Å². The molecule has 0 spiro atoms. The van der Waals surface area contributed by atoms with Crippen LogP contribution in [0.4, 0.5) is 0 Å². The fourth-order valence-electron chi connectivity index (χ4n) is 9.91. The Kier molecular flexibility index (Phi) is 39.1. The molecule has 1 amide bonds. The van der Waals surface area contributed by atoms with Gasteiger partial charge in [0.25, 0.3) is 0 Å². The number of unbranched alkanes of at least 4 members (excludes halogenated alkanes) is 31. The first kappa shape index (κ1) is 66.0. The fourth-order valence-corrected chi connectivity index (χ4v) is 9.91. The molecule has 2 aliphatic heterocycles. The van der Waals surface area contributed by atoms with Gasteiger partial charge in [0, 0.05) is 0 Å². The van der Waals surface area contributed by atoms with E-state index in [2.05, 4.69) is 19.2 Å². The molecular weight excluding hydrogens is 915 g/mol. The lowest BCUT2D eigenvalue weighted by molar-refractivity contribution is -0.368. The second kappa shape index (κ2) is 42.1. The van der Waals surface area contributed by atoms with Crippen LogP contribution in [0.15, 0.2) is 0 Å². The van der Waals surface area contributed by atoms with Crippen molar-refractivity contribution in [3.63, 3.8) is 0 Å². The first-order valence-corrected chi connectivity index (χ1v) is 29.0. The van der Waals surface area contributed by atoms with Crippen LogP contribution in [0.25, 0.3) is 0 Å². The monoisotopic (exact) mass is 1020 g/mol. The molecule has 0 aromatic carbocycles. The average molecular weight is 1020 g/mol. The number of rotatable bonds is 46. The van der Waals surface area contributed by atoms with Crippen LogP contribution < -0.4 is 5.32 Å². The van der Waals surface area contributed by atoms with Gasteiger partial charge in [0.1, 0.15) is 61.0 Å². The molecule has 0 aromatic heterocycles. The molecule has 422 valence electrons. The van der Waals surface area contributed by atoms with Crippen molar-refractivity contribution in [2.24, 2.45) is 0 Å². The Morgan fingerprint density at radius 3 is 1.21 bits per heavy atom. The van der Waals surface area contributed by atoms with Crippen LogP contribution in [0.3, 0.4) is 0 Å². The molecule has 16 heteroatoms. The van der Waals surface area contributed by atoms with Gasteiger partial charge in [0.15, 0.2) is 12.6 Å². The Morgan fingerprint density at radius 2 is 0.817 bits per heavy atom. The molecule has 16 nitrogen and oxygen atoms in total. The van der Waals surface area contributed by atoms with Crippen molar-refractivity contribution in [1.29, 1.82) is 0 Å². The van der Waals surface area contributed by atoms with Crippen LogP contribution in [0, 0.1) is 0 Å². The van der Waals surface area contributed by atoms with E-state index in [4.69, 9.17) is 18.9 Å². The maximum atomic E-state index is 13.4. The molecule has 0 bridgehead atoms. The number of nitrogens with one attached hydrogen (secondary N) is 1. The van der Waals surface area contributed by atoms with Crippen LogP contribution in [0.2, 0.25) is 0 Å². The van der Waals surface area contributed by atoms with Gasteiger partial charge in [-0.3, -0.25) is 4.79 Å². The van der Waals surface area contributed by atoms with E-state index in [0.717, 1.165) is 51.4 Å². The zero-order valence-corrected chi connectivity index (χ0v) is 44.5. The molecule has 71 heavy (non-hydrogen) atoms. The summed E-state index contributed by atoms with van der Waals surface area (Å²) in [6.45, 7) is 2.41. The normalized spacial score (nSPS) is 26.6. The standard InChI is InChI=1S/C55H107NO15/c1-3-5-7-9-11-13-15-17-18-19-20-21-22-23-24-25-27-29-31-33-35-37-43(60)53(67)56-41(46(61)42(59)36-34-32-30-28-26-16-14-12-10-8-6-4-2)40-68-55-52(50(65)48(63)45(39-58)70-55)71-54-51(66)49(64)47(62)44(38-57)69-54/h41-52,54-55,57-66H,3-40H2,1-2H3,(H,56,67)/t41-,42+,43+,44+,45+,46-,47-,48-,49-,50-,51+,52+,54?,55-/m0/s1. The van der Waals surface area contributed by atoms with Crippen molar-refractivity contribution in [3.05, 3.63) is 0 Å². The van der Waals surface area contributed by atoms with E-state index in [1.807, 2.05) is 0 Å². The highest BCUT2D eigenvalue weighted by molar-refractivity contribution is 5.80. The van der Waals surface area contributed by atoms with Gasteiger partial charge in [-0.15, -0.1) is 0 Å². The van der Waals surface area contributed by atoms with E-state index < -0.39 is 111 Å².